The molecule has 2 amide bonds. The third-order valence-electron chi connectivity index (χ3n) is 3.10. The fourth-order valence-electron chi connectivity index (χ4n) is 1.88. The van der Waals surface area contributed by atoms with Crippen molar-refractivity contribution in [3.05, 3.63) is 64.1 Å². The molecule has 0 atom stereocenters. The molecule has 0 bridgehead atoms. The van der Waals surface area contributed by atoms with Crippen LogP contribution in [0.4, 0.5) is 5.69 Å². The van der Waals surface area contributed by atoms with Gasteiger partial charge < -0.3 is 15.4 Å². The van der Waals surface area contributed by atoms with Crippen molar-refractivity contribution < 1.29 is 14.3 Å². The predicted molar refractivity (Wildman–Crippen MR) is 92.7 cm³/mol. The van der Waals surface area contributed by atoms with Gasteiger partial charge >= 0.3 is 0 Å². The number of nitrogens with one attached hydrogen (secondary N) is 2. The molecule has 0 unspecified atom stereocenters. The van der Waals surface area contributed by atoms with Gasteiger partial charge in [-0.05, 0) is 48.5 Å². The second-order valence-corrected chi connectivity index (χ2v) is 5.70. The highest BCUT2D eigenvalue weighted by Crippen LogP contribution is 2.14. The van der Waals surface area contributed by atoms with Crippen molar-refractivity contribution in [2.45, 2.75) is 0 Å². The van der Waals surface area contributed by atoms with Gasteiger partial charge in [0.25, 0.3) is 11.8 Å². The first-order chi connectivity index (χ1) is 11.1. The normalized spacial score (nSPS) is 10.2. The summed E-state index contributed by atoms with van der Waals surface area (Å²) in [5.41, 5.74) is 1.73. The summed E-state index contributed by atoms with van der Waals surface area (Å²) >= 11 is 3.33. The van der Waals surface area contributed by atoms with Gasteiger partial charge in [0, 0.05) is 34.9 Å². The van der Waals surface area contributed by atoms with Crippen molar-refractivity contribution in [1.29, 1.82) is 0 Å². The van der Waals surface area contributed by atoms with Crippen molar-refractivity contribution in [1.82, 2.24) is 5.32 Å². The van der Waals surface area contributed by atoms with E-state index >= 15 is 0 Å². The zero-order chi connectivity index (χ0) is 16.7. The predicted octanol–water partition coefficient (Wildman–Crippen LogP) is 3.08. The highest BCUT2D eigenvalue weighted by atomic mass is 79.9. The smallest absolute Gasteiger partial charge is 0.255 e. The summed E-state index contributed by atoms with van der Waals surface area (Å²) in [6.45, 7) is 0.921. The number of benzene rings is 2. The SMILES string of the molecule is COCCNC(=O)c1ccc(NC(=O)c2ccc(Br)cc2)cc1. The molecule has 2 aromatic rings. The van der Waals surface area contributed by atoms with Crippen LogP contribution in [-0.2, 0) is 4.74 Å². The summed E-state index contributed by atoms with van der Waals surface area (Å²) in [5, 5.41) is 5.53. The van der Waals surface area contributed by atoms with E-state index in [0.717, 1.165) is 4.47 Å². The van der Waals surface area contributed by atoms with Crippen LogP contribution in [0, 0.1) is 0 Å². The van der Waals surface area contributed by atoms with E-state index in [1.54, 1.807) is 43.5 Å². The molecule has 0 saturated heterocycles. The Morgan fingerprint density at radius 1 is 0.957 bits per heavy atom. The van der Waals surface area contributed by atoms with E-state index in [-0.39, 0.29) is 11.8 Å². The molecule has 23 heavy (non-hydrogen) atoms. The van der Waals surface area contributed by atoms with Crippen molar-refractivity contribution in [3.8, 4) is 0 Å². The lowest BCUT2D eigenvalue weighted by Crippen LogP contribution is -2.26. The quantitative estimate of drug-likeness (QED) is 0.761. The summed E-state index contributed by atoms with van der Waals surface area (Å²) < 4.78 is 5.79. The minimum absolute atomic E-state index is 0.173. The van der Waals surface area contributed by atoms with E-state index in [4.69, 9.17) is 4.74 Å². The van der Waals surface area contributed by atoms with Crippen LogP contribution < -0.4 is 10.6 Å². The van der Waals surface area contributed by atoms with Crippen molar-refractivity contribution in [3.63, 3.8) is 0 Å². The van der Waals surface area contributed by atoms with E-state index in [9.17, 15) is 9.59 Å². The molecule has 120 valence electrons. The molecule has 2 aromatic carbocycles. The van der Waals surface area contributed by atoms with Crippen LogP contribution in [0.1, 0.15) is 20.7 Å². The van der Waals surface area contributed by atoms with Crippen LogP contribution in [0.3, 0.4) is 0 Å². The maximum absolute atomic E-state index is 12.1. The molecule has 0 radical (unpaired) electrons. The zero-order valence-corrected chi connectivity index (χ0v) is 14.2. The first-order valence-corrected chi connectivity index (χ1v) is 7.83. The van der Waals surface area contributed by atoms with E-state index in [1.807, 2.05) is 12.1 Å². The third-order valence-corrected chi connectivity index (χ3v) is 3.63. The van der Waals surface area contributed by atoms with Crippen molar-refractivity contribution in [2.75, 3.05) is 25.6 Å². The molecule has 0 aliphatic rings. The molecule has 0 heterocycles. The van der Waals surface area contributed by atoms with Crippen LogP contribution >= 0.6 is 15.9 Å². The number of anilines is 1. The summed E-state index contributed by atoms with van der Waals surface area (Å²) in [7, 11) is 1.58. The van der Waals surface area contributed by atoms with Crippen molar-refractivity contribution >= 4 is 33.4 Å². The minimum atomic E-state index is -0.199. The monoisotopic (exact) mass is 376 g/mol. The molecule has 2 N–H and O–H groups in total. The van der Waals surface area contributed by atoms with Gasteiger partial charge in [-0.2, -0.15) is 0 Å². The van der Waals surface area contributed by atoms with E-state index in [0.29, 0.717) is 30.0 Å². The Balaban J connectivity index is 1.95. The van der Waals surface area contributed by atoms with Crippen LogP contribution in [0.5, 0.6) is 0 Å². The fourth-order valence-corrected chi connectivity index (χ4v) is 2.14. The Hall–Kier alpha value is -2.18. The Bertz CT molecular complexity index is 669. The molecule has 6 heteroatoms. The van der Waals surface area contributed by atoms with Gasteiger partial charge in [-0.25, -0.2) is 0 Å². The molecule has 0 fully saturated rings. The lowest BCUT2D eigenvalue weighted by Gasteiger charge is -2.07. The number of rotatable bonds is 6. The fraction of sp³-hybridized carbons (Fsp3) is 0.176. The molecule has 0 spiro atoms. The number of methoxy groups -OCH3 is 1. The van der Waals surface area contributed by atoms with Crippen LogP contribution in [0.25, 0.3) is 0 Å². The van der Waals surface area contributed by atoms with Gasteiger partial charge in [-0.3, -0.25) is 9.59 Å². The Labute approximate surface area is 143 Å². The average Bonchev–Trinajstić information content (AvgIpc) is 2.56. The first kappa shape index (κ1) is 17.2. The van der Waals surface area contributed by atoms with Gasteiger partial charge in [-0.1, -0.05) is 15.9 Å². The van der Waals surface area contributed by atoms with E-state index in [1.165, 1.54) is 0 Å². The topological polar surface area (TPSA) is 67.4 Å². The summed E-state index contributed by atoms with van der Waals surface area (Å²) in [6, 6.07) is 13.8. The zero-order valence-electron chi connectivity index (χ0n) is 12.6. The van der Waals surface area contributed by atoms with Crippen LogP contribution in [0.15, 0.2) is 53.0 Å². The van der Waals surface area contributed by atoms with Gasteiger partial charge in [0.2, 0.25) is 0 Å². The van der Waals surface area contributed by atoms with Crippen molar-refractivity contribution in [2.24, 2.45) is 0 Å². The Morgan fingerprint density at radius 3 is 2.13 bits per heavy atom. The number of carbonyl (C=O) groups is 2. The lowest BCUT2D eigenvalue weighted by molar-refractivity contribution is 0.0936. The van der Waals surface area contributed by atoms with Crippen LogP contribution in [0.2, 0.25) is 0 Å². The highest BCUT2D eigenvalue weighted by molar-refractivity contribution is 9.10. The number of amides is 2. The number of hydrogen-bond acceptors (Lipinski definition) is 3. The Morgan fingerprint density at radius 2 is 1.52 bits per heavy atom. The third kappa shape index (κ3) is 5.19. The number of carbonyl (C=O) groups excluding carboxylic acids is 2. The number of halogens is 1. The van der Waals surface area contributed by atoms with Gasteiger partial charge in [0.15, 0.2) is 0 Å². The standard InChI is InChI=1S/C17H17BrN2O3/c1-23-11-10-19-16(21)12-4-8-15(9-5-12)20-17(22)13-2-6-14(18)7-3-13/h2-9H,10-11H2,1H3,(H,19,21)(H,20,22). The summed E-state index contributed by atoms with van der Waals surface area (Å²) in [5.74, 6) is -0.373. The molecular weight excluding hydrogens is 360 g/mol. The van der Waals surface area contributed by atoms with E-state index in [2.05, 4.69) is 26.6 Å². The average molecular weight is 377 g/mol. The summed E-state index contributed by atoms with van der Waals surface area (Å²) in [4.78, 5) is 23.9. The number of hydrogen-bond donors (Lipinski definition) is 2. The molecule has 0 saturated carbocycles. The van der Waals surface area contributed by atoms with Gasteiger partial charge in [0.05, 0.1) is 6.61 Å². The first-order valence-electron chi connectivity index (χ1n) is 7.04. The van der Waals surface area contributed by atoms with Gasteiger partial charge in [0.1, 0.15) is 0 Å². The van der Waals surface area contributed by atoms with Gasteiger partial charge in [-0.15, -0.1) is 0 Å². The minimum Gasteiger partial charge on any atom is -0.383 e. The highest BCUT2D eigenvalue weighted by Gasteiger charge is 2.08. The molecule has 0 aromatic heterocycles. The maximum atomic E-state index is 12.1. The maximum Gasteiger partial charge on any atom is 0.255 e. The van der Waals surface area contributed by atoms with E-state index < -0.39 is 0 Å². The second-order valence-electron chi connectivity index (χ2n) is 4.79. The molecule has 0 aliphatic heterocycles. The lowest BCUT2D eigenvalue weighted by atomic mass is 10.1. The molecule has 0 aliphatic carbocycles. The largest absolute Gasteiger partial charge is 0.383 e. The molecule has 5 nitrogen and oxygen atoms in total. The second kappa shape index (κ2) is 8.45. The summed E-state index contributed by atoms with van der Waals surface area (Å²) in [6.07, 6.45) is 0. The Kier molecular flexibility index (Phi) is 6.31. The number of ether oxygens (including phenoxy) is 1. The molecular formula is C17H17BrN2O3. The molecule has 2 rings (SSSR count). The van der Waals surface area contributed by atoms with Crippen LogP contribution in [-0.4, -0.2) is 32.1 Å².